The molecule has 1 amide bonds. The van der Waals surface area contributed by atoms with Gasteiger partial charge < -0.3 is 26.4 Å². The molecule has 0 spiro atoms. The van der Waals surface area contributed by atoms with Crippen LogP contribution in [0, 0.1) is 11.3 Å². The number of nitrogens with two attached hydrogens (primary N) is 1. The van der Waals surface area contributed by atoms with Gasteiger partial charge in [0.15, 0.2) is 5.96 Å². The van der Waals surface area contributed by atoms with Gasteiger partial charge in [-0.1, -0.05) is 25.3 Å². The molecule has 5 N–H and O–H groups in total. The number of pyridine rings is 1. The first-order valence-corrected chi connectivity index (χ1v) is 12.2. The average molecular weight is 573 g/mol. The number of carbonyl (C=O) groups excluding carboxylic acids is 1. The number of halogens is 1. The Morgan fingerprint density at radius 3 is 2.64 bits per heavy atom. The summed E-state index contributed by atoms with van der Waals surface area (Å²) in [7, 11) is 0. The van der Waals surface area contributed by atoms with Gasteiger partial charge in [-0.3, -0.25) is 4.79 Å². The van der Waals surface area contributed by atoms with Crippen LogP contribution in [0.3, 0.4) is 0 Å². The van der Waals surface area contributed by atoms with Crippen LogP contribution in [0.4, 0.5) is 5.82 Å². The van der Waals surface area contributed by atoms with E-state index in [1.54, 1.807) is 0 Å². The predicted octanol–water partition coefficient (Wildman–Crippen LogP) is 2.79. The number of rotatable bonds is 9. The zero-order chi connectivity index (χ0) is 22.8. The Kier molecular flexibility index (Phi) is 11.7. The number of hydrogen-bond donors (Lipinski definition) is 4. The second-order valence-electron chi connectivity index (χ2n) is 9.23. The molecule has 0 aromatic carbocycles. The maximum Gasteiger partial charge on any atom is 0.220 e. The van der Waals surface area contributed by atoms with Crippen LogP contribution in [-0.2, 0) is 11.3 Å². The van der Waals surface area contributed by atoms with Crippen LogP contribution in [0.25, 0.3) is 0 Å². The lowest BCUT2D eigenvalue weighted by Gasteiger charge is -2.37. The van der Waals surface area contributed by atoms with Crippen LogP contribution in [-0.4, -0.2) is 54.7 Å². The lowest BCUT2D eigenvalue weighted by molar-refractivity contribution is -0.122. The number of primary amides is 1. The Morgan fingerprint density at radius 1 is 1.27 bits per heavy atom. The van der Waals surface area contributed by atoms with Crippen molar-refractivity contribution in [1.82, 2.24) is 15.6 Å². The Bertz CT molecular complexity index is 756. The lowest BCUT2D eigenvalue weighted by atomic mass is 9.72. The smallest absolute Gasteiger partial charge is 0.220 e. The maximum absolute atomic E-state index is 11.5. The summed E-state index contributed by atoms with van der Waals surface area (Å²) < 4.78 is 0. The molecule has 33 heavy (non-hydrogen) atoms. The quantitative estimate of drug-likeness (QED) is 0.206. The maximum atomic E-state index is 11.5. The zero-order valence-electron chi connectivity index (χ0n) is 19.9. The number of nitrogens with one attached hydrogen (secondary N) is 2. The molecule has 0 radical (unpaired) electrons. The third kappa shape index (κ3) is 7.98. The summed E-state index contributed by atoms with van der Waals surface area (Å²) >= 11 is 0. The molecule has 2 aliphatic rings. The SMILES string of the molecule is CCNC(=NCc1cccnc1N1CCC(C(N)=O)CC1)NCC1(CCO)CCCCC1.I. The highest BCUT2D eigenvalue weighted by Crippen LogP contribution is 2.38. The number of nitrogens with zero attached hydrogens (tertiary/aromatic N) is 3. The summed E-state index contributed by atoms with van der Waals surface area (Å²) in [4.78, 5) is 23.2. The second kappa shape index (κ2) is 13.9. The zero-order valence-corrected chi connectivity index (χ0v) is 22.2. The predicted molar refractivity (Wildman–Crippen MR) is 144 cm³/mol. The highest BCUT2D eigenvalue weighted by atomic mass is 127. The first-order valence-electron chi connectivity index (χ1n) is 12.2. The summed E-state index contributed by atoms with van der Waals surface area (Å²) in [5.41, 5.74) is 6.72. The standard InChI is InChI=1S/C24H40N6O2.HI/c1-2-26-23(29-18-24(12-16-31)10-4-3-5-11-24)28-17-20-7-6-13-27-22(20)30-14-8-19(9-15-30)21(25)32;/h6-7,13,19,31H,2-5,8-12,14-18H2,1H3,(H2,25,32)(H2,26,28,29);1H. The van der Waals surface area contributed by atoms with Crippen LogP contribution in [0.2, 0.25) is 0 Å². The van der Waals surface area contributed by atoms with Crippen LogP contribution in [0.1, 0.15) is 63.9 Å². The van der Waals surface area contributed by atoms with Crippen molar-refractivity contribution in [2.75, 3.05) is 37.7 Å². The van der Waals surface area contributed by atoms with Crippen molar-refractivity contribution < 1.29 is 9.90 Å². The number of aliphatic hydroxyl groups is 1. The molecule has 3 rings (SSSR count). The molecule has 8 nitrogen and oxygen atoms in total. The third-order valence-electron chi connectivity index (χ3n) is 7.00. The Hall–Kier alpha value is -1.62. The van der Waals surface area contributed by atoms with E-state index >= 15 is 0 Å². The van der Waals surface area contributed by atoms with Gasteiger partial charge in [-0.05, 0) is 50.5 Å². The third-order valence-corrected chi connectivity index (χ3v) is 7.00. The molecule has 186 valence electrons. The van der Waals surface area contributed by atoms with Crippen LogP contribution in [0.5, 0.6) is 0 Å². The number of guanidine groups is 1. The Labute approximate surface area is 215 Å². The molecular formula is C24H41IN6O2. The summed E-state index contributed by atoms with van der Waals surface area (Å²) in [6.07, 6.45) is 10.3. The molecule has 1 aromatic rings. The molecule has 0 unspecified atom stereocenters. The van der Waals surface area contributed by atoms with Gasteiger partial charge in [0.25, 0.3) is 0 Å². The monoisotopic (exact) mass is 572 g/mol. The van der Waals surface area contributed by atoms with Gasteiger partial charge in [-0.2, -0.15) is 0 Å². The summed E-state index contributed by atoms with van der Waals surface area (Å²) in [5.74, 6) is 1.51. The number of hydrogen-bond acceptors (Lipinski definition) is 5. The molecule has 1 aliphatic carbocycles. The molecule has 2 heterocycles. The first kappa shape index (κ1) is 27.6. The van der Waals surface area contributed by atoms with Crippen molar-refractivity contribution in [2.24, 2.45) is 22.1 Å². The molecule has 9 heteroatoms. The fourth-order valence-electron chi connectivity index (χ4n) is 5.05. The summed E-state index contributed by atoms with van der Waals surface area (Å²) in [6, 6.07) is 4.02. The largest absolute Gasteiger partial charge is 0.396 e. The van der Waals surface area contributed by atoms with Crippen LogP contribution in [0.15, 0.2) is 23.3 Å². The van der Waals surface area contributed by atoms with Gasteiger partial charge >= 0.3 is 0 Å². The van der Waals surface area contributed by atoms with Gasteiger partial charge in [-0.15, -0.1) is 24.0 Å². The number of carbonyl (C=O) groups is 1. The number of aliphatic imine (C=N–C) groups is 1. The van der Waals surface area contributed by atoms with E-state index in [9.17, 15) is 9.90 Å². The minimum Gasteiger partial charge on any atom is -0.396 e. The topological polar surface area (TPSA) is 116 Å². The normalized spacial score (nSPS) is 19.0. The molecule has 0 atom stereocenters. The number of aliphatic hydroxyl groups excluding tert-OH is 1. The van der Waals surface area contributed by atoms with Gasteiger partial charge in [0.05, 0.1) is 6.54 Å². The van der Waals surface area contributed by atoms with Crippen molar-refractivity contribution in [3.8, 4) is 0 Å². The highest BCUT2D eigenvalue weighted by Gasteiger charge is 2.31. The molecule has 1 saturated carbocycles. The van der Waals surface area contributed by atoms with Crippen molar-refractivity contribution in [3.05, 3.63) is 23.9 Å². The molecule has 1 saturated heterocycles. The van der Waals surface area contributed by atoms with Crippen molar-refractivity contribution >= 4 is 41.7 Å². The van der Waals surface area contributed by atoms with Gasteiger partial charge in [0.2, 0.25) is 5.91 Å². The van der Waals surface area contributed by atoms with E-state index in [0.29, 0.717) is 6.54 Å². The van der Waals surface area contributed by atoms with Gasteiger partial charge in [0.1, 0.15) is 5.82 Å². The van der Waals surface area contributed by atoms with E-state index in [2.05, 4.69) is 33.5 Å². The first-order chi connectivity index (χ1) is 15.6. The number of anilines is 1. The average Bonchev–Trinajstić information content (AvgIpc) is 2.82. The lowest BCUT2D eigenvalue weighted by Crippen LogP contribution is -2.45. The summed E-state index contributed by atoms with van der Waals surface area (Å²) in [6.45, 7) is 6.02. The minimum absolute atomic E-state index is 0. The van der Waals surface area contributed by atoms with Crippen molar-refractivity contribution in [2.45, 2.75) is 64.8 Å². The molecule has 2 fully saturated rings. The number of aromatic nitrogens is 1. The molecular weight excluding hydrogens is 531 g/mol. The van der Waals surface area contributed by atoms with Crippen molar-refractivity contribution in [3.63, 3.8) is 0 Å². The van der Waals surface area contributed by atoms with E-state index in [0.717, 1.165) is 75.6 Å². The number of amides is 1. The van der Waals surface area contributed by atoms with Crippen molar-refractivity contribution in [1.29, 1.82) is 0 Å². The Balaban J connectivity index is 0.00000385. The van der Waals surface area contributed by atoms with Gasteiger partial charge in [0, 0.05) is 50.5 Å². The molecule has 1 aliphatic heterocycles. The fraction of sp³-hybridized carbons (Fsp3) is 0.708. The number of piperidine rings is 1. The summed E-state index contributed by atoms with van der Waals surface area (Å²) in [5, 5.41) is 16.5. The van der Waals surface area contributed by atoms with E-state index in [4.69, 9.17) is 10.7 Å². The molecule has 0 bridgehead atoms. The minimum atomic E-state index is -0.200. The van der Waals surface area contributed by atoms with Crippen LogP contribution < -0.4 is 21.3 Å². The molecule has 1 aromatic heterocycles. The van der Waals surface area contributed by atoms with E-state index < -0.39 is 0 Å². The van der Waals surface area contributed by atoms with Gasteiger partial charge in [-0.25, -0.2) is 9.98 Å². The highest BCUT2D eigenvalue weighted by molar-refractivity contribution is 14.0. The Morgan fingerprint density at radius 2 is 2.00 bits per heavy atom. The van der Waals surface area contributed by atoms with E-state index in [-0.39, 0.29) is 47.8 Å². The second-order valence-corrected chi connectivity index (χ2v) is 9.23. The van der Waals surface area contributed by atoms with E-state index in [1.165, 1.54) is 19.3 Å². The van der Waals surface area contributed by atoms with Crippen LogP contribution >= 0.6 is 24.0 Å². The van der Waals surface area contributed by atoms with E-state index in [1.807, 2.05) is 12.3 Å². The fourth-order valence-corrected chi connectivity index (χ4v) is 5.05.